The van der Waals surface area contributed by atoms with E-state index < -0.39 is 0 Å². The molecule has 0 unspecified atom stereocenters. The Hall–Kier alpha value is -1.57. The molecule has 0 spiro atoms. The normalized spacial score (nSPS) is 11.3. The Kier molecular flexibility index (Phi) is 3.32. The summed E-state index contributed by atoms with van der Waals surface area (Å²) in [7, 11) is 1.84. The van der Waals surface area contributed by atoms with Gasteiger partial charge >= 0.3 is 0 Å². The fourth-order valence-electron chi connectivity index (χ4n) is 1.39. The summed E-state index contributed by atoms with van der Waals surface area (Å²) >= 11 is 1.54. The Labute approximate surface area is 103 Å². The van der Waals surface area contributed by atoms with E-state index in [1.807, 2.05) is 11.7 Å². The minimum atomic E-state index is 0.303. The molecule has 2 aromatic rings. The first-order chi connectivity index (χ1) is 8.09. The number of anilines is 1. The molecule has 0 fully saturated rings. The van der Waals surface area contributed by atoms with Gasteiger partial charge < -0.3 is 5.73 Å². The van der Waals surface area contributed by atoms with E-state index in [0.29, 0.717) is 17.7 Å². The molecule has 7 nitrogen and oxygen atoms in total. The van der Waals surface area contributed by atoms with Gasteiger partial charge in [-0.05, 0) is 13.8 Å². The van der Waals surface area contributed by atoms with E-state index in [1.54, 1.807) is 22.7 Å². The fraction of sp³-hybridized carbons (Fsp3) is 0.556. The summed E-state index contributed by atoms with van der Waals surface area (Å²) in [5.74, 6) is 2.04. The van der Waals surface area contributed by atoms with E-state index in [2.05, 4.69) is 34.1 Å². The fourth-order valence-corrected chi connectivity index (χ4v) is 2.24. The zero-order valence-electron chi connectivity index (χ0n) is 10.0. The van der Waals surface area contributed by atoms with Crippen LogP contribution >= 0.6 is 11.8 Å². The Balaban J connectivity index is 2.07. The lowest BCUT2D eigenvalue weighted by molar-refractivity contribution is 0.514. The van der Waals surface area contributed by atoms with Gasteiger partial charge in [-0.3, -0.25) is 4.57 Å². The quantitative estimate of drug-likeness (QED) is 0.813. The SMILES string of the molecule is CC(C)n1ncnc1CSc1nnc(N)n1C. The van der Waals surface area contributed by atoms with Crippen molar-refractivity contribution in [3.05, 3.63) is 12.2 Å². The second-order valence-electron chi connectivity index (χ2n) is 3.90. The van der Waals surface area contributed by atoms with Gasteiger partial charge in [0.15, 0.2) is 5.16 Å². The molecule has 0 bridgehead atoms. The zero-order valence-corrected chi connectivity index (χ0v) is 10.8. The first kappa shape index (κ1) is 11.9. The summed E-state index contributed by atoms with van der Waals surface area (Å²) in [5, 5.41) is 12.7. The maximum Gasteiger partial charge on any atom is 0.222 e. The van der Waals surface area contributed by atoms with Gasteiger partial charge in [-0.2, -0.15) is 5.10 Å². The summed E-state index contributed by atoms with van der Waals surface area (Å²) in [6.45, 7) is 4.15. The average Bonchev–Trinajstić information content (AvgIpc) is 2.86. The van der Waals surface area contributed by atoms with Gasteiger partial charge in [0.25, 0.3) is 0 Å². The van der Waals surface area contributed by atoms with Crippen molar-refractivity contribution in [1.82, 2.24) is 29.5 Å². The summed E-state index contributed by atoms with van der Waals surface area (Å²) in [6.07, 6.45) is 1.57. The highest BCUT2D eigenvalue weighted by atomic mass is 32.2. The maximum absolute atomic E-state index is 5.61. The van der Waals surface area contributed by atoms with Crippen molar-refractivity contribution in [1.29, 1.82) is 0 Å². The van der Waals surface area contributed by atoms with Gasteiger partial charge in [0.2, 0.25) is 5.95 Å². The number of hydrogen-bond acceptors (Lipinski definition) is 6. The van der Waals surface area contributed by atoms with Crippen molar-refractivity contribution in [2.75, 3.05) is 5.73 Å². The average molecular weight is 253 g/mol. The molecule has 17 heavy (non-hydrogen) atoms. The molecule has 0 radical (unpaired) electrons. The number of nitrogens with zero attached hydrogens (tertiary/aromatic N) is 6. The smallest absolute Gasteiger partial charge is 0.222 e. The third-order valence-corrected chi connectivity index (χ3v) is 3.35. The number of nitrogens with two attached hydrogens (primary N) is 1. The number of thioether (sulfide) groups is 1. The standard InChI is InChI=1S/C9H15N7S/c1-6(2)16-7(11-5-12-16)4-17-9-14-13-8(10)15(9)3/h5-6H,4H2,1-3H3,(H2,10,13). The number of hydrogen-bond donors (Lipinski definition) is 1. The van der Waals surface area contributed by atoms with Crippen LogP contribution in [0, 0.1) is 0 Å². The zero-order chi connectivity index (χ0) is 12.4. The molecular formula is C9H15N7S. The molecule has 0 aromatic carbocycles. The van der Waals surface area contributed by atoms with Crippen molar-refractivity contribution in [3.8, 4) is 0 Å². The lowest BCUT2D eigenvalue weighted by atomic mass is 10.4. The minimum Gasteiger partial charge on any atom is -0.368 e. The number of nitrogen functional groups attached to an aromatic ring is 1. The molecule has 0 aliphatic heterocycles. The second kappa shape index (κ2) is 4.74. The number of rotatable bonds is 4. The highest BCUT2D eigenvalue weighted by molar-refractivity contribution is 7.98. The third-order valence-electron chi connectivity index (χ3n) is 2.34. The molecule has 0 atom stereocenters. The molecule has 0 aliphatic rings. The van der Waals surface area contributed by atoms with Crippen LogP contribution in [0.1, 0.15) is 25.7 Å². The molecule has 2 aromatic heterocycles. The van der Waals surface area contributed by atoms with E-state index in [4.69, 9.17) is 5.73 Å². The predicted molar refractivity (Wildman–Crippen MR) is 65.4 cm³/mol. The van der Waals surface area contributed by atoms with Gasteiger partial charge in [0.05, 0.1) is 5.75 Å². The van der Waals surface area contributed by atoms with Gasteiger partial charge in [0.1, 0.15) is 12.2 Å². The maximum atomic E-state index is 5.61. The summed E-state index contributed by atoms with van der Waals surface area (Å²) in [5.41, 5.74) is 5.61. The van der Waals surface area contributed by atoms with Crippen molar-refractivity contribution >= 4 is 17.7 Å². The van der Waals surface area contributed by atoms with Gasteiger partial charge in [0, 0.05) is 13.1 Å². The minimum absolute atomic E-state index is 0.303. The van der Waals surface area contributed by atoms with Crippen LogP contribution in [-0.2, 0) is 12.8 Å². The summed E-state index contributed by atoms with van der Waals surface area (Å²) < 4.78 is 3.65. The van der Waals surface area contributed by atoms with E-state index in [9.17, 15) is 0 Å². The van der Waals surface area contributed by atoms with E-state index in [0.717, 1.165) is 11.0 Å². The molecule has 8 heteroatoms. The molecule has 0 aliphatic carbocycles. The molecule has 2 N–H and O–H groups in total. The van der Waals surface area contributed by atoms with Crippen LogP contribution in [0.2, 0.25) is 0 Å². The van der Waals surface area contributed by atoms with Gasteiger partial charge in [-0.1, -0.05) is 11.8 Å². The van der Waals surface area contributed by atoms with Crippen molar-refractivity contribution < 1.29 is 0 Å². The van der Waals surface area contributed by atoms with Crippen molar-refractivity contribution in [3.63, 3.8) is 0 Å². The Morgan fingerprint density at radius 3 is 2.76 bits per heavy atom. The molecular weight excluding hydrogens is 238 g/mol. The molecule has 0 amide bonds. The Morgan fingerprint density at radius 1 is 1.41 bits per heavy atom. The molecule has 92 valence electrons. The monoisotopic (exact) mass is 253 g/mol. The third kappa shape index (κ3) is 2.41. The molecule has 2 heterocycles. The van der Waals surface area contributed by atoms with Crippen LogP contribution in [0.3, 0.4) is 0 Å². The van der Waals surface area contributed by atoms with E-state index in [-0.39, 0.29) is 0 Å². The lowest BCUT2D eigenvalue weighted by Gasteiger charge is -2.08. The lowest BCUT2D eigenvalue weighted by Crippen LogP contribution is -2.07. The Morgan fingerprint density at radius 2 is 2.18 bits per heavy atom. The van der Waals surface area contributed by atoms with Crippen LogP contribution in [0.15, 0.2) is 11.5 Å². The van der Waals surface area contributed by atoms with Crippen LogP contribution < -0.4 is 5.73 Å². The second-order valence-corrected chi connectivity index (χ2v) is 4.85. The first-order valence-corrected chi connectivity index (χ1v) is 6.24. The highest BCUT2D eigenvalue weighted by Crippen LogP contribution is 2.21. The Bertz CT molecular complexity index is 501. The van der Waals surface area contributed by atoms with Crippen LogP contribution in [0.5, 0.6) is 0 Å². The molecule has 2 rings (SSSR count). The van der Waals surface area contributed by atoms with Gasteiger partial charge in [-0.25, -0.2) is 9.67 Å². The van der Waals surface area contributed by atoms with E-state index >= 15 is 0 Å². The number of aromatic nitrogens is 6. The van der Waals surface area contributed by atoms with Crippen LogP contribution in [-0.4, -0.2) is 29.5 Å². The predicted octanol–water partition coefficient (Wildman–Crippen LogP) is 0.862. The largest absolute Gasteiger partial charge is 0.368 e. The van der Waals surface area contributed by atoms with Crippen LogP contribution in [0.25, 0.3) is 0 Å². The molecule has 0 saturated carbocycles. The van der Waals surface area contributed by atoms with E-state index in [1.165, 1.54) is 0 Å². The summed E-state index contributed by atoms with van der Waals surface area (Å²) in [4.78, 5) is 4.23. The highest BCUT2D eigenvalue weighted by Gasteiger charge is 2.11. The topological polar surface area (TPSA) is 87.4 Å². The molecule has 0 saturated heterocycles. The summed E-state index contributed by atoms with van der Waals surface area (Å²) in [6, 6.07) is 0.303. The van der Waals surface area contributed by atoms with Crippen molar-refractivity contribution in [2.24, 2.45) is 7.05 Å². The van der Waals surface area contributed by atoms with Gasteiger partial charge in [-0.15, -0.1) is 10.2 Å². The first-order valence-electron chi connectivity index (χ1n) is 5.25. The van der Waals surface area contributed by atoms with Crippen LogP contribution in [0.4, 0.5) is 5.95 Å². The van der Waals surface area contributed by atoms with Crippen molar-refractivity contribution in [2.45, 2.75) is 30.8 Å².